The van der Waals surface area contributed by atoms with Gasteiger partial charge < -0.3 is 44.3 Å². The molecule has 0 radical (unpaired) electrons. The molecule has 0 atom stereocenters. The van der Waals surface area contributed by atoms with Gasteiger partial charge in [0.25, 0.3) is 0 Å². The number of carbonyl (C=O) groups is 2. The molecule has 1 saturated heterocycles. The highest BCUT2D eigenvalue weighted by Crippen LogP contribution is 2.47. The lowest BCUT2D eigenvalue weighted by Crippen LogP contribution is -2.47. The quantitative estimate of drug-likeness (QED) is 0.138. The third-order valence-corrected chi connectivity index (χ3v) is 12.9. The summed E-state index contributed by atoms with van der Waals surface area (Å²) in [7, 11) is -3.07. The summed E-state index contributed by atoms with van der Waals surface area (Å²) in [5.41, 5.74) is 5.10. The average molecular weight is 823 g/mol. The molecule has 1 aromatic rings. The van der Waals surface area contributed by atoms with E-state index in [1.165, 1.54) is 6.42 Å². The lowest BCUT2D eigenvalue weighted by Gasteiger charge is -2.37. The lowest BCUT2D eigenvalue weighted by atomic mass is 9.81. The van der Waals surface area contributed by atoms with Crippen LogP contribution in [0.5, 0.6) is 0 Å². The predicted octanol–water partition coefficient (Wildman–Crippen LogP) is 7.86. The zero-order valence-electron chi connectivity index (χ0n) is 36.4. The molecule has 2 saturated carbocycles. The first-order valence-electron chi connectivity index (χ1n) is 21.7. The van der Waals surface area contributed by atoms with Crippen molar-refractivity contribution < 1.29 is 32.7 Å². The van der Waals surface area contributed by atoms with Crippen LogP contribution in [0.3, 0.4) is 0 Å². The molecule has 0 bridgehead atoms. The molecule has 2 heterocycles. The minimum absolute atomic E-state index is 0.180. The standard InChI is InChI=1S/C41H75N8O7P/c1-9-53-57(52,54-10-2)28-27-46-23-25-47(26-24-46)36-29-35(42)44-37(45-36)43-30-32-17-19-33(20-18-32)31-48(38(50)55-40(3,4)5)21-14-22-49(34-15-12-11-13-16-34)39(51)56-41(6,7)8/h29,32-34H,9-28,30-31H2,1-8H3,(H3,42,43,44,45). The first-order valence-corrected chi connectivity index (χ1v) is 23.4. The van der Waals surface area contributed by atoms with Crippen molar-refractivity contribution >= 4 is 37.4 Å². The molecule has 57 heavy (non-hydrogen) atoms. The Morgan fingerprint density at radius 1 is 0.842 bits per heavy atom. The van der Waals surface area contributed by atoms with Crippen LogP contribution in [0.1, 0.15) is 120 Å². The van der Waals surface area contributed by atoms with E-state index in [9.17, 15) is 14.2 Å². The summed E-state index contributed by atoms with van der Waals surface area (Å²) in [5, 5.41) is 3.47. The number of hydrogen-bond acceptors (Lipinski definition) is 13. The summed E-state index contributed by atoms with van der Waals surface area (Å²) in [6.45, 7) is 22.1. The van der Waals surface area contributed by atoms with Gasteiger partial charge in [-0.15, -0.1) is 0 Å². The van der Waals surface area contributed by atoms with Crippen molar-refractivity contribution in [1.82, 2.24) is 24.7 Å². The van der Waals surface area contributed by atoms with Crippen molar-refractivity contribution in [2.24, 2.45) is 11.8 Å². The maximum atomic E-state index is 13.5. The molecule has 2 aliphatic carbocycles. The Morgan fingerprint density at radius 2 is 1.44 bits per heavy atom. The van der Waals surface area contributed by atoms with E-state index in [0.29, 0.717) is 75.6 Å². The zero-order valence-corrected chi connectivity index (χ0v) is 37.3. The number of aromatic nitrogens is 2. The summed E-state index contributed by atoms with van der Waals surface area (Å²) >= 11 is 0. The zero-order chi connectivity index (χ0) is 41.6. The Bertz CT molecular complexity index is 1420. The molecule has 3 aliphatic rings. The van der Waals surface area contributed by atoms with Gasteiger partial charge in [0.15, 0.2) is 0 Å². The van der Waals surface area contributed by atoms with Gasteiger partial charge >= 0.3 is 19.8 Å². The van der Waals surface area contributed by atoms with E-state index in [-0.39, 0.29) is 18.2 Å². The maximum absolute atomic E-state index is 13.5. The number of piperazine rings is 1. The number of nitrogens with one attached hydrogen (secondary N) is 1. The minimum Gasteiger partial charge on any atom is -0.444 e. The number of hydrogen-bond donors (Lipinski definition) is 2. The van der Waals surface area contributed by atoms with Gasteiger partial charge in [0.1, 0.15) is 22.8 Å². The van der Waals surface area contributed by atoms with Crippen LogP contribution >= 0.6 is 7.60 Å². The molecule has 1 aliphatic heterocycles. The highest BCUT2D eigenvalue weighted by atomic mass is 31.2. The summed E-state index contributed by atoms with van der Waals surface area (Å²) in [4.78, 5) is 44.4. The van der Waals surface area contributed by atoms with Gasteiger partial charge in [0.2, 0.25) is 5.95 Å². The molecule has 0 aromatic carbocycles. The number of carbonyl (C=O) groups excluding carboxylic acids is 2. The molecule has 3 N–H and O–H groups in total. The number of rotatable bonds is 18. The summed E-state index contributed by atoms with van der Waals surface area (Å²) in [6, 6.07) is 2.00. The van der Waals surface area contributed by atoms with Crippen molar-refractivity contribution in [3.8, 4) is 0 Å². The molecule has 3 fully saturated rings. The molecule has 0 spiro atoms. The minimum atomic E-state index is -3.07. The largest absolute Gasteiger partial charge is 0.444 e. The Balaban J connectivity index is 1.26. The normalized spacial score (nSPS) is 20.2. The van der Waals surface area contributed by atoms with Gasteiger partial charge in [-0.05, 0) is 112 Å². The topological polar surface area (TPSA) is 165 Å². The first kappa shape index (κ1) is 46.8. The molecular formula is C41H75N8O7P. The van der Waals surface area contributed by atoms with Gasteiger partial charge in [-0.3, -0.25) is 9.46 Å². The van der Waals surface area contributed by atoms with Gasteiger partial charge in [0.05, 0.1) is 19.4 Å². The van der Waals surface area contributed by atoms with E-state index in [4.69, 9.17) is 29.2 Å². The average Bonchev–Trinajstić information content (AvgIpc) is 3.14. The number of nitrogens with two attached hydrogens (primary N) is 1. The fourth-order valence-corrected chi connectivity index (χ4v) is 9.68. The monoisotopic (exact) mass is 823 g/mol. The summed E-state index contributed by atoms with van der Waals surface area (Å²) < 4.78 is 35.5. The molecule has 4 rings (SSSR count). The smallest absolute Gasteiger partial charge is 0.410 e. The fraction of sp³-hybridized carbons (Fsp3) is 0.854. The van der Waals surface area contributed by atoms with Crippen LogP contribution in [0.2, 0.25) is 0 Å². The van der Waals surface area contributed by atoms with Crippen molar-refractivity contribution in [2.75, 3.05) is 94.2 Å². The third-order valence-electron chi connectivity index (χ3n) is 10.9. The second-order valence-electron chi connectivity index (χ2n) is 18.0. The number of anilines is 3. The van der Waals surface area contributed by atoms with Crippen molar-refractivity contribution in [1.29, 1.82) is 0 Å². The molecular weight excluding hydrogens is 747 g/mol. The Hall–Kier alpha value is -2.87. The fourth-order valence-electron chi connectivity index (χ4n) is 8.04. The van der Waals surface area contributed by atoms with Crippen LogP contribution in [-0.2, 0) is 23.1 Å². The van der Waals surface area contributed by atoms with Crippen LogP contribution in [0.15, 0.2) is 6.07 Å². The van der Waals surface area contributed by atoms with E-state index >= 15 is 0 Å². The number of nitrogens with zero attached hydrogens (tertiary/aromatic N) is 6. The first-order chi connectivity index (χ1) is 27.0. The Kier molecular flexibility index (Phi) is 18.0. The van der Waals surface area contributed by atoms with Crippen LogP contribution in [0, 0.1) is 11.8 Å². The van der Waals surface area contributed by atoms with Crippen LogP contribution < -0.4 is 16.0 Å². The van der Waals surface area contributed by atoms with Crippen molar-refractivity contribution in [2.45, 2.75) is 137 Å². The molecule has 16 heteroatoms. The van der Waals surface area contributed by atoms with Gasteiger partial charge in [-0.1, -0.05) is 19.3 Å². The second kappa shape index (κ2) is 21.9. The molecule has 2 amide bonds. The summed E-state index contributed by atoms with van der Waals surface area (Å²) in [5.74, 6) is 2.59. The van der Waals surface area contributed by atoms with E-state index < -0.39 is 18.8 Å². The molecule has 326 valence electrons. The van der Waals surface area contributed by atoms with Crippen LogP contribution in [-0.4, -0.2) is 132 Å². The number of ether oxygens (including phenoxy) is 2. The Labute approximate surface area is 343 Å². The van der Waals surface area contributed by atoms with Crippen LogP contribution in [0.4, 0.5) is 27.2 Å². The summed E-state index contributed by atoms with van der Waals surface area (Å²) in [6.07, 6.45) is 10.0. The third kappa shape index (κ3) is 16.4. The maximum Gasteiger partial charge on any atom is 0.410 e. The molecule has 0 unspecified atom stereocenters. The van der Waals surface area contributed by atoms with Gasteiger partial charge in [-0.25, -0.2) is 9.59 Å². The van der Waals surface area contributed by atoms with E-state index in [1.807, 2.05) is 71.3 Å². The van der Waals surface area contributed by atoms with Crippen LogP contribution in [0.25, 0.3) is 0 Å². The molecule has 1 aromatic heterocycles. The van der Waals surface area contributed by atoms with E-state index in [0.717, 1.165) is 89.9 Å². The lowest BCUT2D eigenvalue weighted by molar-refractivity contribution is 0.00903. The van der Waals surface area contributed by atoms with Gasteiger partial charge in [-0.2, -0.15) is 9.97 Å². The predicted molar refractivity (Wildman–Crippen MR) is 227 cm³/mol. The highest BCUT2D eigenvalue weighted by molar-refractivity contribution is 7.53. The van der Waals surface area contributed by atoms with Crippen molar-refractivity contribution in [3.63, 3.8) is 0 Å². The highest BCUT2D eigenvalue weighted by Gasteiger charge is 2.32. The second-order valence-corrected chi connectivity index (χ2v) is 20.2. The SMILES string of the molecule is CCOP(=O)(CCN1CCN(c2cc(N)nc(NCC3CCC(CN(CCCN(C(=O)OC(C)(C)C)C4CCCCC4)C(=O)OC(C)(C)C)CC3)n2)CC1)OCC. The van der Waals surface area contributed by atoms with E-state index in [1.54, 1.807) is 0 Å². The van der Waals surface area contributed by atoms with Gasteiger partial charge in [0, 0.05) is 71.0 Å². The Morgan fingerprint density at radius 3 is 2.04 bits per heavy atom. The number of nitrogen functional groups attached to an aromatic ring is 1. The number of amides is 2. The molecule has 15 nitrogen and oxygen atoms in total. The van der Waals surface area contributed by atoms with Crippen molar-refractivity contribution in [3.05, 3.63) is 6.07 Å². The van der Waals surface area contributed by atoms with E-state index in [2.05, 4.69) is 20.1 Å².